The van der Waals surface area contributed by atoms with Crippen molar-refractivity contribution >= 4 is 21.8 Å². The van der Waals surface area contributed by atoms with Crippen molar-refractivity contribution < 1.29 is 10.2 Å². The molecule has 0 aliphatic heterocycles. The largest absolute Gasteiger partial charge is 0.393 e. The van der Waals surface area contributed by atoms with Gasteiger partial charge >= 0.3 is 0 Å². The Balaban J connectivity index is 0.000000217. The minimum Gasteiger partial charge on any atom is -0.393 e. The third-order valence-electron chi connectivity index (χ3n) is 5.32. The molecule has 35 heavy (non-hydrogen) atoms. The summed E-state index contributed by atoms with van der Waals surface area (Å²) in [5.41, 5.74) is 9.59. The summed E-state index contributed by atoms with van der Waals surface area (Å²) in [6.07, 6.45) is 1.60. The van der Waals surface area contributed by atoms with Crippen LogP contribution in [-0.2, 0) is 12.8 Å². The number of nitrogens with one attached hydrogen (secondary N) is 3. The van der Waals surface area contributed by atoms with E-state index < -0.39 is 0 Å². The molecule has 0 radical (unpaired) electrons. The Morgan fingerprint density at radius 3 is 1.60 bits per heavy atom. The Hall–Kier alpha value is -2.64. The third-order valence-corrected chi connectivity index (χ3v) is 5.32. The van der Waals surface area contributed by atoms with Gasteiger partial charge in [0.25, 0.3) is 0 Å². The molecule has 0 bridgehead atoms. The molecule has 2 atom stereocenters. The number of fused-ring (bicyclic) bond motifs is 2. The van der Waals surface area contributed by atoms with Gasteiger partial charge in [-0.25, -0.2) is 0 Å². The van der Waals surface area contributed by atoms with Gasteiger partial charge in [0.2, 0.25) is 0 Å². The Kier molecular flexibility index (Phi) is 12.0. The molecule has 4 aromatic rings. The lowest BCUT2D eigenvalue weighted by atomic mass is 10.1. The van der Waals surface area contributed by atoms with Gasteiger partial charge in [-0.2, -0.15) is 0 Å². The first-order valence-corrected chi connectivity index (χ1v) is 12.7. The molecule has 6 heteroatoms. The van der Waals surface area contributed by atoms with E-state index in [1.807, 2.05) is 45.0 Å². The number of aromatic nitrogens is 2. The van der Waals surface area contributed by atoms with Gasteiger partial charge in [0.05, 0.1) is 12.2 Å². The van der Waals surface area contributed by atoms with E-state index in [9.17, 15) is 10.2 Å². The molecule has 0 aliphatic carbocycles. The van der Waals surface area contributed by atoms with Gasteiger partial charge in [-0.3, -0.25) is 0 Å². The van der Waals surface area contributed by atoms with Crippen LogP contribution >= 0.6 is 0 Å². The summed E-state index contributed by atoms with van der Waals surface area (Å²) in [5.74, 6) is 0. The fraction of sp³-hybridized carbons (Fsp3) is 0.448. The van der Waals surface area contributed by atoms with E-state index in [2.05, 4.69) is 65.5 Å². The van der Waals surface area contributed by atoms with Crippen LogP contribution in [0.2, 0.25) is 0 Å². The summed E-state index contributed by atoms with van der Waals surface area (Å²) < 4.78 is 0. The van der Waals surface area contributed by atoms with Crippen molar-refractivity contribution in [2.24, 2.45) is 5.73 Å². The number of H-pyrrole nitrogens is 2. The molecule has 7 N–H and O–H groups in total. The van der Waals surface area contributed by atoms with Crippen LogP contribution in [-0.4, -0.2) is 51.0 Å². The Morgan fingerprint density at radius 2 is 1.20 bits per heavy atom. The molecule has 0 aliphatic rings. The average molecular weight is 481 g/mol. The van der Waals surface area contributed by atoms with E-state index in [-0.39, 0.29) is 12.2 Å². The molecule has 0 unspecified atom stereocenters. The number of rotatable bonds is 8. The molecule has 192 valence electrons. The molecule has 6 nitrogen and oxygen atoms in total. The van der Waals surface area contributed by atoms with Crippen LogP contribution in [0.5, 0.6) is 0 Å². The molecule has 2 heterocycles. The number of aliphatic hydroxyl groups excluding tert-OH is 2. The zero-order chi connectivity index (χ0) is 25.8. The highest BCUT2D eigenvalue weighted by Gasteiger charge is 2.08. The second-order valence-corrected chi connectivity index (χ2v) is 9.69. The molecule has 0 spiro atoms. The van der Waals surface area contributed by atoms with Crippen molar-refractivity contribution in [3.8, 4) is 0 Å². The van der Waals surface area contributed by atoms with Gasteiger partial charge in [-0.15, -0.1) is 0 Å². The molecule has 2 aromatic carbocycles. The first-order valence-electron chi connectivity index (χ1n) is 12.7. The quantitative estimate of drug-likeness (QED) is 0.215. The maximum atomic E-state index is 9.89. The SMILES string of the molecule is CC(C)N.CC(C)NC[C@H](O)Cc1cc2ccccc2[nH]1.CC[C@H](O)Cc1cc2ccccc2[nH]1. The number of para-hydroxylation sites is 2. The average Bonchev–Trinajstić information content (AvgIpc) is 3.40. The topological polar surface area (TPSA) is 110 Å². The molecule has 0 saturated carbocycles. The summed E-state index contributed by atoms with van der Waals surface area (Å²) in [4.78, 5) is 6.63. The molecule has 0 amide bonds. The fourth-order valence-corrected chi connectivity index (χ4v) is 3.58. The standard InChI is InChI=1S/C14H20N2O.C12H15NO.C3H9N/c1-10(2)15-9-13(17)8-12-7-11-5-3-4-6-14(11)16-12;1-2-11(14)8-10-7-9-5-3-4-6-12(9)13-10;1-3(2)4/h3-7,10,13,15-17H,8-9H2,1-2H3;3-7,11,13-14H,2,8H2,1H3;3H,4H2,1-2H3/t13-;11-;/m10./s1. The van der Waals surface area contributed by atoms with E-state index in [0.717, 1.165) is 28.8 Å². The highest BCUT2D eigenvalue weighted by atomic mass is 16.3. The normalized spacial score (nSPS) is 12.9. The van der Waals surface area contributed by atoms with Gasteiger partial charge in [-0.05, 0) is 47.5 Å². The van der Waals surface area contributed by atoms with Crippen LogP contribution in [0.3, 0.4) is 0 Å². The molecular weight excluding hydrogens is 436 g/mol. The lowest BCUT2D eigenvalue weighted by Crippen LogP contribution is -2.33. The van der Waals surface area contributed by atoms with E-state index in [1.165, 1.54) is 10.8 Å². The maximum Gasteiger partial charge on any atom is 0.0719 e. The Bertz CT molecular complexity index is 1050. The summed E-state index contributed by atoms with van der Waals surface area (Å²) in [7, 11) is 0. The van der Waals surface area contributed by atoms with E-state index in [0.29, 0.717) is 31.5 Å². The number of benzene rings is 2. The highest BCUT2D eigenvalue weighted by molar-refractivity contribution is 5.80. The number of aliphatic hydroxyl groups is 2. The lowest BCUT2D eigenvalue weighted by molar-refractivity contribution is 0.168. The van der Waals surface area contributed by atoms with Crippen molar-refractivity contribution in [1.29, 1.82) is 0 Å². The summed E-state index contributed by atoms with van der Waals surface area (Å²) in [6, 6.07) is 21.3. The number of nitrogens with two attached hydrogens (primary N) is 1. The van der Waals surface area contributed by atoms with Crippen molar-refractivity contribution in [2.75, 3.05) is 6.54 Å². The zero-order valence-corrected chi connectivity index (χ0v) is 21.9. The van der Waals surface area contributed by atoms with Crippen LogP contribution < -0.4 is 11.1 Å². The van der Waals surface area contributed by atoms with Crippen LogP contribution in [0.25, 0.3) is 21.8 Å². The second-order valence-electron chi connectivity index (χ2n) is 9.69. The van der Waals surface area contributed by atoms with Crippen molar-refractivity contribution in [3.05, 3.63) is 72.1 Å². The van der Waals surface area contributed by atoms with Crippen molar-refractivity contribution in [2.45, 2.75) is 78.2 Å². The smallest absolute Gasteiger partial charge is 0.0719 e. The molecule has 0 saturated heterocycles. The second kappa shape index (κ2) is 14.7. The minimum absolute atomic E-state index is 0.233. The van der Waals surface area contributed by atoms with Crippen LogP contribution in [0.1, 0.15) is 52.4 Å². The molecule has 4 rings (SSSR count). The Morgan fingerprint density at radius 1 is 0.771 bits per heavy atom. The van der Waals surface area contributed by atoms with Crippen LogP contribution in [0.4, 0.5) is 0 Å². The lowest BCUT2D eigenvalue weighted by Gasteiger charge is -2.13. The van der Waals surface area contributed by atoms with Gasteiger partial charge in [-0.1, -0.05) is 71.0 Å². The van der Waals surface area contributed by atoms with E-state index in [1.54, 1.807) is 0 Å². The molecular formula is C29H44N4O2. The fourth-order valence-electron chi connectivity index (χ4n) is 3.58. The summed E-state index contributed by atoms with van der Waals surface area (Å²) in [5, 5.41) is 25.1. The van der Waals surface area contributed by atoms with Gasteiger partial charge in [0.15, 0.2) is 0 Å². The summed E-state index contributed by atoms with van der Waals surface area (Å²) >= 11 is 0. The minimum atomic E-state index is -0.342. The van der Waals surface area contributed by atoms with Crippen molar-refractivity contribution in [3.63, 3.8) is 0 Å². The number of hydrogen-bond acceptors (Lipinski definition) is 4. The first-order chi connectivity index (χ1) is 16.7. The van der Waals surface area contributed by atoms with E-state index in [4.69, 9.17) is 5.73 Å². The first kappa shape index (κ1) is 28.6. The third kappa shape index (κ3) is 10.7. The molecule has 0 fully saturated rings. The predicted molar refractivity (Wildman–Crippen MR) is 149 cm³/mol. The predicted octanol–water partition coefficient (Wildman–Crippen LogP) is 4.90. The van der Waals surface area contributed by atoms with Gasteiger partial charge in [0.1, 0.15) is 0 Å². The van der Waals surface area contributed by atoms with Crippen LogP contribution in [0, 0.1) is 0 Å². The molecule has 2 aromatic heterocycles. The van der Waals surface area contributed by atoms with Gasteiger partial charge in [0, 0.05) is 47.8 Å². The zero-order valence-electron chi connectivity index (χ0n) is 21.9. The van der Waals surface area contributed by atoms with Crippen molar-refractivity contribution in [1.82, 2.24) is 15.3 Å². The highest BCUT2D eigenvalue weighted by Crippen LogP contribution is 2.17. The number of aromatic amines is 2. The summed E-state index contributed by atoms with van der Waals surface area (Å²) in [6.45, 7) is 10.7. The number of hydrogen-bond donors (Lipinski definition) is 6. The Labute approximate surface area is 210 Å². The monoisotopic (exact) mass is 480 g/mol. The van der Waals surface area contributed by atoms with Crippen LogP contribution in [0.15, 0.2) is 60.7 Å². The van der Waals surface area contributed by atoms with Gasteiger partial charge < -0.3 is 31.2 Å². The van der Waals surface area contributed by atoms with E-state index >= 15 is 0 Å². The maximum absolute atomic E-state index is 9.89.